The van der Waals surface area contributed by atoms with E-state index in [-0.39, 0.29) is 17.7 Å². The molecule has 0 spiro atoms. The Bertz CT molecular complexity index is 579. The molecular weight excluding hydrogens is 322 g/mol. The van der Waals surface area contributed by atoms with Gasteiger partial charge in [-0.05, 0) is 25.0 Å². The number of rotatable bonds is 3. The van der Waals surface area contributed by atoms with E-state index in [0.717, 1.165) is 5.69 Å². The van der Waals surface area contributed by atoms with Gasteiger partial charge in [0, 0.05) is 51.0 Å². The molecule has 1 aliphatic heterocycles. The number of hydrogen-bond acceptors (Lipinski definition) is 5. The van der Waals surface area contributed by atoms with Gasteiger partial charge < -0.3 is 21.3 Å². The van der Waals surface area contributed by atoms with Gasteiger partial charge in [-0.3, -0.25) is 19.4 Å². The highest BCUT2D eigenvalue weighted by Gasteiger charge is 2.26. The van der Waals surface area contributed by atoms with E-state index < -0.39 is 5.92 Å². The maximum Gasteiger partial charge on any atom is 0.232 e. The van der Waals surface area contributed by atoms with Crippen LogP contribution >= 0.6 is 0 Å². The molecule has 1 unspecified atom stereocenters. The van der Waals surface area contributed by atoms with Crippen LogP contribution in [-0.4, -0.2) is 55.4 Å². The molecule has 1 aliphatic rings. The van der Waals surface area contributed by atoms with Crippen molar-refractivity contribution < 1.29 is 14.4 Å². The Hall–Kier alpha value is -2.48. The predicted octanol–water partition coefficient (Wildman–Crippen LogP) is -1.03. The van der Waals surface area contributed by atoms with Crippen LogP contribution in [0, 0.1) is 5.92 Å². The Labute approximate surface area is 147 Å². The third kappa shape index (κ3) is 6.88. The van der Waals surface area contributed by atoms with Crippen molar-refractivity contribution in [1.29, 1.82) is 0 Å². The average molecular weight is 347 g/mol. The highest BCUT2D eigenvalue weighted by atomic mass is 16.2. The molecule has 1 saturated heterocycles. The van der Waals surface area contributed by atoms with Crippen molar-refractivity contribution in [3.05, 3.63) is 30.1 Å². The summed E-state index contributed by atoms with van der Waals surface area (Å²) in [6, 6.07) is 5.58. The minimum Gasteiger partial charge on any atom is -0.354 e. The van der Waals surface area contributed by atoms with E-state index in [9.17, 15) is 14.4 Å². The van der Waals surface area contributed by atoms with Crippen LogP contribution in [0.15, 0.2) is 24.4 Å². The monoisotopic (exact) mass is 347 g/mol. The predicted molar refractivity (Wildman–Crippen MR) is 92.6 cm³/mol. The lowest BCUT2D eigenvalue weighted by molar-refractivity contribution is -0.135. The van der Waals surface area contributed by atoms with Crippen molar-refractivity contribution in [1.82, 2.24) is 26.3 Å². The summed E-state index contributed by atoms with van der Waals surface area (Å²) in [4.78, 5) is 40.6. The molecule has 2 heterocycles. The number of aromatic nitrogens is 1. The Morgan fingerprint density at radius 1 is 0.920 bits per heavy atom. The van der Waals surface area contributed by atoms with Gasteiger partial charge >= 0.3 is 0 Å². The van der Waals surface area contributed by atoms with Gasteiger partial charge in [0.2, 0.25) is 17.7 Å². The van der Waals surface area contributed by atoms with Crippen LogP contribution in [0.25, 0.3) is 0 Å². The summed E-state index contributed by atoms with van der Waals surface area (Å²) >= 11 is 0. The van der Waals surface area contributed by atoms with E-state index in [4.69, 9.17) is 0 Å². The number of pyridine rings is 1. The first-order chi connectivity index (χ1) is 12.2. The van der Waals surface area contributed by atoms with Crippen molar-refractivity contribution in [3.63, 3.8) is 0 Å². The Morgan fingerprint density at radius 2 is 1.64 bits per heavy atom. The molecule has 1 aromatic heterocycles. The second kappa shape index (κ2) is 10.4. The maximum atomic E-state index is 12.4. The zero-order valence-corrected chi connectivity index (χ0v) is 14.2. The van der Waals surface area contributed by atoms with E-state index in [1.807, 2.05) is 18.2 Å². The summed E-state index contributed by atoms with van der Waals surface area (Å²) in [6.07, 6.45) is 2.99. The van der Waals surface area contributed by atoms with Crippen LogP contribution in [0.3, 0.4) is 0 Å². The molecule has 0 saturated carbocycles. The second-order valence-corrected chi connectivity index (χ2v) is 5.84. The zero-order valence-electron chi connectivity index (χ0n) is 14.2. The quantitative estimate of drug-likeness (QED) is 0.523. The van der Waals surface area contributed by atoms with Crippen molar-refractivity contribution in [2.75, 3.05) is 32.7 Å². The third-order valence-corrected chi connectivity index (χ3v) is 3.92. The number of amides is 3. The summed E-state index contributed by atoms with van der Waals surface area (Å²) in [5.74, 6) is -1.45. The van der Waals surface area contributed by atoms with Crippen LogP contribution < -0.4 is 21.3 Å². The summed E-state index contributed by atoms with van der Waals surface area (Å²) in [5, 5.41) is 11.3. The van der Waals surface area contributed by atoms with Crippen LogP contribution in [-0.2, 0) is 20.8 Å². The van der Waals surface area contributed by atoms with E-state index in [2.05, 4.69) is 26.3 Å². The van der Waals surface area contributed by atoms with E-state index in [0.29, 0.717) is 52.0 Å². The molecule has 0 aliphatic carbocycles. The minimum absolute atomic E-state index is 0.0606. The fraction of sp³-hybridized carbons (Fsp3) is 0.529. The van der Waals surface area contributed by atoms with Gasteiger partial charge in [0.05, 0.1) is 0 Å². The lowest BCUT2D eigenvalue weighted by Crippen LogP contribution is -2.46. The second-order valence-electron chi connectivity index (χ2n) is 5.84. The smallest absolute Gasteiger partial charge is 0.232 e. The normalized spacial score (nSPS) is 20.8. The summed E-state index contributed by atoms with van der Waals surface area (Å²) < 4.78 is 0. The molecule has 1 atom stereocenters. The van der Waals surface area contributed by atoms with E-state index in [1.165, 1.54) is 0 Å². The lowest BCUT2D eigenvalue weighted by atomic mass is 9.99. The molecule has 1 fully saturated rings. The van der Waals surface area contributed by atoms with Gasteiger partial charge in [0.1, 0.15) is 5.92 Å². The third-order valence-electron chi connectivity index (χ3n) is 3.92. The van der Waals surface area contributed by atoms with Crippen LogP contribution in [0.2, 0.25) is 0 Å². The molecular formula is C17H25N5O3. The molecule has 1 aromatic rings. The Morgan fingerprint density at radius 3 is 2.36 bits per heavy atom. The zero-order chi connectivity index (χ0) is 17.9. The summed E-state index contributed by atoms with van der Waals surface area (Å²) in [6.45, 7) is 2.16. The lowest BCUT2D eigenvalue weighted by Gasteiger charge is -2.18. The Kier molecular flexibility index (Phi) is 7.84. The van der Waals surface area contributed by atoms with Crippen LogP contribution in [0.4, 0.5) is 0 Å². The molecule has 8 heteroatoms. The fourth-order valence-corrected chi connectivity index (χ4v) is 2.54. The molecule has 3 amide bonds. The van der Waals surface area contributed by atoms with Gasteiger partial charge in [-0.25, -0.2) is 0 Å². The maximum absolute atomic E-state index is 12.4. The molecule has 136 valence electrons. The first kappa shape index (κ1) is 18.9. The first-order valence-corrected chi connectivity index (χ1v) is 8.59. The highest BCUT2D eigenvalue weighted by molar-refractivity contribution is 6.00. The molecule has 2 rings (SSSR count). The van der Waals surface area contributed by atoms with Gasteiger partial charge in [-0.15, -0.1) is 0 Å². The van der Waals surface area contributed by atoms with Gasteiger partial charge in [0.25, 0.3) is 0 Å². The molecule has 0 radical (unpaired) electrons. The van der Waals surface area contributed by atoms with Crippen LogP contribution in [0.5, 0.6) is 0 Å². The SMILES string of the molecule is O=C1CCNCCNC(=O)C(CCc2ccccn2)C(=O)NCCN1. The van der Waals surface area contributed by atoms with Crippen LogP contribution in [0.1, 0.15) is 18.5 Å². The number of hydrogen-bond donors (Lipinski definition) is 4. The number of nitrogens with one attached hydrogen (secondary N) is 4. The fourth-order valence-electron chi connectivity index (χ4n) is 2.54. The number of nitrogens with zero attached hydrogens (tertiary/aromatic N) is 1. The van der Waals surface area contributed by atoms with Crippen molar-refractivity contribution in [3.8, 4) is 0 Å². The topological polar surface area (TPSA) is 112 Å². The molecule has 0 aromatic carbocycles. The molecule has 0 bridgehead atoms. The molecule has 4 N–H and O–H groups in total. The van der Waals surface area contributed by atoms with Crippen molar-refractivity contribution in [2.45, 2.75) is 19.3 Å². The minimum atomic E-state index is -0.777. The first-order valence-electron chi connectivity index (χ1n) is 8.59. The Balaban J connectivity index is 1.95. The number of aryl methyl sites for hydroxylation is 1. The summed E-state index contributed by atoms with van der Waals surface area (Å²) in [7, 11) is 0. The van der Waals surface area contributed by atoms with Gasteiger partial charge in [0.15, 0.2) is 0 Å². The van der Waals surface area contributed by atoms with Crippen molar-refractivity contribution >= 4 is 17.7 Å². The highest BCUT2D eigenvalue weighted by Crippen LogP contribution is 2.09. The van der Waals surface area contributed by atoms with E-state index in [1.54, 1.807) is 6.20 Å². The summed E-state index contributed by atoms with van der Waals surface area (Å²) in [5.41, 5.74) is 0.844. The number of carbonyl (C=O) groups excluding carboxylic acids is 3. The standard InChI is InChI=1S/C17H25N5O3/c23-15-6-8-18-9-10-21-16(24)14(17(25)22-12-11-20-15)5-4-13-3-1-2-7-19-13/h1-3,7,14,18H,4-6,8-12H2,(H,20,23)(H,21,24)(H,22,25). The van der Waals surface area contributed by atoms with E-state index >= 15 is 0 Å². The van der Waals surface area contributed by atoms with Gasteiger partial charge in [-0.1, -0.05) is 6.07 Å². The number of carbonyl (C=O) groups is 3. The van der Waals surface area contributed by atoms with Crippen molar-refractivity contribution in [2.24, 2.45) is 5.92 Å². The largest absolute Gasteiger partial charge is 0.354 e. The van der Waals surface area contributed by atoms with Gasteiger partial charge in [-0.2, -0.15) is 0 Å². The molecule has 8 nitrogen and oxygen atoms in total. The average Bonchev–Trinajstić information content (AvgIpc) is 2.62. The molecule has 25 heavy (non-hydrogen) atoms.